The summed E-state index contributed by atoms with van der Waals surface area (Å²) in [6, 6.07) is 5.25. The number of alkyl halides is 2. The van der Waals surface area contributed by atoms with E-state index in [1.165, 1.54) is 12.1 Å². The normalized spacial score (nSPS) is 25.4. The minimum absolute atomic E-state index is 0.0608. The number of hydrogen-bond donors (Lipinski definition) is 3. The summed E-state index contributed by atoms with van der Waals surface area (Å²) >= 11 is 5.69. The zero-order chi connectivity index (χ0) is 24.8. The van der Waals surface area contributed by atoms with Crippen LogP contribution < -0.4 is 4.74 Å². The average Bonchev–Trinajstić information content (AvgIpc) is 2.94. The molecule has 2 aromatic rings. The molecule has 5 nitrogen and oxygen atoms in total. The Kier molecular flexibility index (Phi) is 6.63. The minimum atomic E-state index is -3.99. The molecule has 1 saturated carbocycles. The number of carbonyl (C=O) groups is 1. The molecule has 0 saturated heterocycles. The van der Waals surface area contributed by atoms with Crippen molar-refractivity contribution < 1.29 is 42.4 Å². The van der Waals surface area contributed by atoms with Gasteiger partial charge in [-0.25, -0.2) is 13.6 Å². The number of aliphatic hydroxyl groups excluding tert-OH is 2. The molecule has 1 aliphatic carbocycles. The van der Waals surface area contributed by atoms with Gasteiger partial charge < -0.3 is 20.1 Å². The van der Waals surface area contributed by atoms with Crippen molar-refractivity contribution in [3.63, 3.8) is 0 Å². The molecule has 4 rings (SSSR count). The van der Waals surface area contributed by atoms with Gasteiger partial charge in [0.2, 0.25) is 0 Å². The molecule has 1 unspecified atom stereocenters. The minimum Gasteiger partial charge on any atom is -0.487 e. The van der Waals surface area contributed by atoms with Crippen LogP contribution in [0.3, 0.4) is 0 Å². The highest BCUT2D eigenvalue weighted by atomic mass is 35.5. The smallest absolute Gasteiger partial charge is 0.338 e. The van der Waals surface area contributed by atoms with Crippen LogP contribution in [0.15, 0.2) is 42.5 Å². The van der Waals surface area contributed by atoms with E-state index >= 15 is 0 Å². The number of aromatic carboxylic acids is 1. The number of benzene rings is 2. The van der Waals surface area contributed by atoms with Crippen molar-refractivity contribution in [2.45, 2.75) is 43.5 Å². The van der Waals surface area contributed by atoms with Crippen LogP contribution >= 0.6 is 11.6 Å². The van der Waals surface area contributed by atoms with E-state index in [0.717, 1.165) is 30.3 Å². The fourth-order valence-electron chi connectivity index (χ4n) is 4.71. The van der Waals surface area contributed by atoms with Gasteiger partial charge in [0, 0.05) is 23.3 Å². The fraction of sp³-hybridized carbons (Fsp3) is 0.375. The van der Waals surface area contributed by atoms with E-state index < -0.39 is 64.8 Å². The van der Waals surface area contributed by atoms with Crippen molar-refractivity contribution in [1.29, 1.82) is 0 Å². The zero-order valence-corrected chi connectivity index (χ0v) is 18.4. The summed E-state index contributed by atoms with van der Waals surface area (Å²) in [6.07, 6.45) is -1.28. The SMILES string of the molecule is O=C(O)c1ccc2c(c1F)O[C@H]1C[C@@H](O)[C@H](/C=C/C(O)C(F)(F)c3cc(Cl)ccc3F)[C@H]1CC2. The molecule has 2 aromatic carbocycles. The average molecular weight is 501 g/mol. The highest BCUT2D eigenvalue weighted by Gasteiger charge is 2.46. The molecule has 5 atom stereocenters. The van der Waals surface area contributed by atoms with Gasteiger partial charge in [0.1, 0.15) is 18.0 Å². The van der Waals surface area contributed by atoms with Crippen LogP contribution in [0.1, 0.15) is 34.3 Å². The number of ether oxygens (including phenoxy) is 1. The highest BCUT2D eigenvalue weighted by Crippen LogP contribution is 2.44. The summed E-state index contributed by atoms with van der Waals surface area (Å²) in [5.74, 6) is -8.94. The second kappa shape index (κ2) is 9.20. The first-order chi connectivity index (χ1) is 16.0. The molecule has 0 aromatic heterocycles. The fourth-order valence-corrected chi connectivity index (χ4v) is 4.89. The number of aryl methyl sites for hydroxylation is 1. The van der Waals surface area contributed by atoms with Gasteiger partial charge in [-0.3, -0.25) is 0 Å². The van der Waals surface area contributed by atoms with Crippen LogP contribution in [0.4, 0.5) is 17.6 Å². The van der Waals surface area contributed by atoms with E-state index in [0.29, 0.717) is 18.4 Å². The molecule has 1 fully saturated rings. The van der Waals surface area contributed by atoms with E-state index in [1.54, 1.807) is 0 Å². The summed E-state index contributed by atoms with van der Waals surface area (Å²) in [5, 5.41) is 29.7. The van der Waals surface area contributed by atoms with Gasteiger partial charge >= 0.3 is 11.9 Å². The van der Waals surface area contributed by atoms with Gasteiger partial charge in [-0.1, -0.05) is 29.8 Å². The third-order valence-corrected chi connectivity index (χ3v) is 6.73. The maximum absolute atomic E-state index is 14.7. The van der Waals surface area contributed by atoms with Gasteiger partial charge in [-0.05, 0) is 42.7 Å². The third-order valence-electron chi connectivity index (χ3n) is 6.49. The number of rotatable bonds is 5. The standard InChI is InChI=1S/C24H21ClF4O5/c25-12-3-7-17(26)16(9-12)24(28,29)20(31)8-6-13-14-4-1-11-2-5-15(23(32)33)21(27)22(11)34-19(14)10-18(13)30/h2-3,5-9,13-14,18-20,30-31H,1,4,10H2,(H,32,33)/b8-6+/t13-,14-,18-,19+,20?/m1/s1. The molecular weight excluding hydrogens is 480 g/mol. The summed E-state index contributed by atoms with van der Waals surface area (Å²) in [6.45, 7) is 0. The molecule has 0 bridgehead atoms. The number of halogens is 5. The molecule has 1 aliphatic heterocycles. The Balaban J connectivity index is 1.55. The molecule has 0 spiro atoms. The lowest BCUT2D eigenvalue weighted by molar-refractivity contribution is -0.0953. The molecule has 10 heteroatoms. The number of carboxylic acids is 1. The maximum atomic E-state index is 14.7. The van der Waals surface area contributed by atoms with Crippen molar-refractivity contribution >= 4 is 17.6 Å². The molecule has 0 amide bonds. The molecule has 182 valence electrons. The molecule has 1 heterocycles. The Morgan fingerprint density at radius 3 is 2.68 bits per heavy atom. The Bertz CT molecular complexity index is 1140. The molecule has 0 radical (unpaired) electrons. The summed E-state index contributed by atoms with van der Waals surface area (Å²) < 4.78 is 63.8. The number of carboxylic acid groups (broad SMARTS) is 1. The maximum Gasteiger partial charge on any atom is 0.338 e. The van der Waals surface area contributed by atoms with Gasteiger partial charge in [-0.2, -0.15) is 8.78 Å². The van der Waals surface area contributed by atoms with Crippen molar-refractivity contribution in [2.24, 2.45) is 11.8 Å². The lowest BCUT2D eigenvalue weighted by atomic mass is 9.87. The number of fused-ring (bicyclic) bond motifs is 2. The van der Waals surface area contributed by atoms with Gasteiger partial charge in [0.25, 0.3) is 0 Å². The van der Waals surface area contributed by atoms with Gasteiger partial charge in [0.05, 0.1) is 17.2 Å². The Morgan fingerprint density at radius 1 is 1.24 bits per heavy atom. The monoisotopic (exact) mass is 500 g/mol. The second-order valence-corrected chi connectivity index (χ2v) is 8.97. The summed E-state index contributed by atoms with van der Waals surface area (Å²) in [7, 11) is 0. The Morgan fingerprint density at radius 2 is 1.97 bits per heavy atom. The number of aliphatic hydroxyl groups is 2. The van der Waals surface area contributed by atoms with Crippen molar-refractivity contribution in [3.05, 3.63) is 75.8 Å². The van der Waals surface area contributed by atoms with Crippen molar-refractivity contribution in [1.82, 2.24) is 0 Å². The van der Waals surface area contributed by atoms with Crippen LogP contribution in [0, 0.1) is 23.5 Å². The lowest BCUT2D eigenvalue weighted by Crippen LogP contribution is -2.31. The van der Waals surface area contributed by atoms with E-state index in [9.17, 15) is 32.6 Å². The predicted octanol–water partition coefficient (Wildman–Crippen LogP) is 4.72. The van der Waals surface area contributed by atoms with Crippen molar-refractivity contribution in [2.75, 3.05) is 0 Å². The highest BCUT2D eigenvalue weighted by molar-refractivity contribution is 6.30. The van der Waals surface area contributed by atoms with E-state index in [4.69, 9.17) is 21.4 Å². The van der Waals surface area contributed by atoms with Crippen LogP contribution in [-0.4, -0.2) is 39.6 Å². The van der Waals surface area contributed by atoms with Gasteiger partial charge in [0.15, 0.2) is 11.6 Å². The first-order valence-corrected chi connectivity index (χ1v) is 11.0. The zero-order valence-electron chi connectivity index (χ0n) is 17.6. The van der Waals surface area contributed by atoms with Crippen LogP contribution in [0.25, 0.3) is 0 Å². The van der Waals surface area contributed by atoms with E-state index in [1.807, 2.05) is 0 Å². The number of hydrogen-bond acceptors (Lipinski definition) is 4. The van der Waals surface area contributed by atoms with Crippen LogP contribution in [0.2, 0.25) is 5.02 Å². The Hall–Kier alpha value is -2.62. The first kappa shape index (κ1) is 24.5. The van der Waals surface area contributed by atoms with Crippen molar-refractivity contribution in [3.8, 4) is 5.75 Å². The van der Waals surface area contributed by atoms with E-state index in [2.05, 4.69) is 0 Å². The van der Waals surface area contributed by atoms with E-state index in [-0.39, 0.29) is 17.2 Å². The third kappa shape index (κ3) is 4.39. The summed E-state index contributed by atoms with van der Waals surface area (Å²) in [5.41, 5.74) is -1.12. The lowest BCUT2D eigenvalue weighted by Gasteiger charge is -2.24. The second-order valence-electron chi connectivity index (χ2n) is 8.54. The molecule has 34 heavy (non-hydrogen) atoms. The quantitative estimate of drug-likeness (QED) is 0.409. The summed E-state index contributed by atoms with van der Waals surface area (Å²) in [4.78, 5) is 11.2. The predicted molar refractivity (Wildman–Crippen MR) is 114 cm³/mol. The largest absolute Gasteiger partial charge is 0.487 e. The topological polar surface area (TPSA) is 87.0 Å². The van der Waals surface area contributed by atoms with Crippen LogP contribution in [-0.2, 0) is 12.3 Å². The molecule has 3 N–H and O–H groups in total. The molecular formula is C24H21ClF4O5. The first-order valence-electron chi connectivity index (χ1n) is 10.6. The van der Waals surface area contributed by atoms with Gasteiger partial charge in [-0.15, -0.1) is 0 Å². The Labute approximate surface area is 197 Å². The van der Waals surface area contributed by atoms with Crippen LogP contribution in [0.5, 0.6) is 5.75 Å². The molecule has 2 aliphatic rings.